The summed E-state index contributed by atoms with van der Waals surface area (Å²) in [7, 11) is 4.65. The zero-order chi connectivity index (χ0) is 16.5. The van der Waals surface area contributed by atoms with Crippen molar-refractivity contribution in [2.45, 2.75) is 6.92 Å². The van der Waals surface area contributed by atoms with Crippen LogP contribution in [0.2, 0.25) is 0 Å². The van der Waals surface area contributed by atoms with Crippen LogP contribution in [0, 0.1) is 0 Å². The van der Waals surface area contributed by atoms with Crippen molar-refractivity contribution < 1.29 is 19.0 Å². The average Bonchev–Trinajstić information content (AvgIpc) is 2.54. The van der Waals surface area contributed by atoms with E-state index in [1.807, 2.05) is 0 Å². The van der Waals surface area contributed by atoms with Crippen molar-refractivity contribution in [1.29, 1.82) is 0 Å². The van der Waals surface area contributed by atoms with E-state index in [0.29, 0.717) is 28.5 Å². The molecule has 22 heavy (non-hydrogen) atoms. The second-order valence-corrected chi connectivity index (χ2v) is 4.33. The lowest BCUT2D eigenvalue weighted by molar-refractivity contribution is -0.112. The van der Waals surface area contributed by atoms with Crippen LogP contribution in [0.1, 0.15) is 6.92 Å². The van der Waals surface area contributed by atoms with Crippen LogP contribution in [0.3, 0.4) is 0 Å². The average molecular weight is 303 g/mol. The Morgan fingerprint density at radius 2 is 1.91 bits per heavy atom. The smallest absolute Gasteiger partial charge is 0.255 e. The van der Waals surface area contributed by atoms with Crippen LogP contribution >= 0.6 is 0 Å². The van der Waals surface area contributed by atoms with Gasteiger partial charge < -0.3 is 19.5 Å². The first-order valence-corrected chi connectivity index (χ1v) is 6.64. The first-order chi connectivity index (χ1) is 10.5. The van der Waals surface area contributed by atoms with Crippen LogP contribution in [-0.4, -0.2) is 27.2 Å². The van der Waals surface area contributed by atoms with Crippen LogP contribution in [0.5, 0.6) is 11.5 Å². The highest BCUT2D eigenvalue weighted by Gasteiger charge is 2.11. The maximum atomic E-state index is 12.3. The third-order valence-electron chi connectivity index (χ3n) is 2.96. The fourth-order valence-corrected chi connectivity index (χ4v) is 1.62. The lowest BCUT2D eigenvalue weighted by Gasteiger charge is -2.12. The van der Waals surface area contributed by atoms with Crippen molar-refractivity contribution in [3.63, 3.8) is 0 Å². The summed E-state index contributed by atoms with van der Waals surface area (Å²) in [6.45, 7) is 5.44. The first-order valence-electron chi connectivity index (χ1n) is 6.64. The predicted octanol–water partition coefficient (Wildman–Crippen LogP) is 3.30. The number of anilines is 1. The number of ether oxygens (including phenoxy) is 3. The van der Waals surface area contributed by atoms with Gasteiger partial charge in [-0.3, -0.25) is 4.79 Å². The molecule has 0 saturated carbocycles. The van der Waals surface area contributed by atoms with E-state index >= 15 is 0 Å². The zero-order valence-corrected chi connectivity index (χ0v) is 13.3. The summed E-state index contributed by atoms with van der Waals surface area (Å²) >= 11 is 0. The molecule has 0 fully saturated rings. The lowest BCUT2D eigenvalue weighted by Crippen LogP contribution is -2.14. The Morgan fingerprint density at radius 1 is 1.18 bits per heavy atom. The molecule has 0 spiro atoms. The number of allylic oxidation sites excluding steroid dienone is 3. The quantitative estimate of drug-likeness (QED) is 0.477. The van der Waals surface area contributed by atoms with Gasteiger partial charge in [0.15, 0.2) is 0 Å². The number of hydrogen-bond donors (Lipinski definition) is 1. The van der Waals surface area contributed by atoms with Gasteiger partial charge in [0, 0.05) is 11.6 Å². The molecule has 0 aliphatic rings. The second kappa shape index (κ2) is 8.56. The van der Waals surface area contributed by atoms with Gasteiger partial charge in [-0.1, -0.05) is 12.7 Å². The van der Waals surface area contributed by atoms with Crippen LogP contribution in [0.4, 0.5) is 5.69 Å². The molecular formula is C17H21NO4. The summed E-state index contributed by atoms with van der Waals surface area (Å²) in [4.78, 5) is 12.3. The van der Waals surface area contributed by atoms with Gasteiger partial charge in [-0.2, -0.15) is 0 Å². The topological polar surface area (TPSA) is 56.8 Å². The number of amides is 1. The highest BCUT2D eigenvalue weighted by atomic mass is 16.5. The van der Waals surface area contributed by atoms with Crippen molar-refractivity contribution in [3.8, 4) is 11.5 Å². The molecule has 0 atom stereocenters. The molecule has 1 amide bonds. The van der Waals surface area contributed by atoms with E-state index < -0.39 is 0 Å². The van der Waals surface area contributed by atoms with Gasteiger partial charge in [0.05, 0.1) is 32.8 Å². The Balaban J connectivity index is 3.02. The molecule has 5 heteroatoms. The third-order valence-corrected chi connectivity index (χ3v) is 2.96. The van der Waals surface area contributed by atoms with Crippen LogP contribution in [-0.2, 0) is 9.53 Å². The number of carbonyl (C=O) groups is 1. The van der Waals surface area contributed by atoms with Gasteiger partial charge in [-0.05, 0) is 31.2 Å². The molecule has 1 rings (SSSR count). The van der Waals surface area contributed by atoms with Gasteiger partial charge in [0.25, 0.3) is 5.91 Å². The molecule has 0 heterocycles. The maximum Gasteiger partial charge on any atom is 0.255 e. The molecule has 0 aliphatic heterocycles. The Bertz CT molecular complexity index is 603. The van der Waals surface area contributed by atoms with Crippen molar-refractivity contribution in [2.75, 3.05) is 26.6 Å². The van der Waals surface area contributed by atoms with Gasteiger partial charge in [0.2, 0.25) is 0 Å². The van der Waals surface area contributed by atoms with Crippen molar-refractivity contribution in [1.82, 2.24) is 0 Å². The Morgan fingerprint density at radius 3 is 2.45 bits per heavy atom. The van der Waals surface area contributed by atoms with E-state index in [0.717, 1.165) is 0 Å². The van der Waals surface area contributed by atoms with Gasteiger partial charge in [0.1, 0.15) is 11.5 Å². The Kier molecular flexibility index (Phi) is 6.76. The molecule has 1 N–H and O–H groups in total. The van der Waals surface area contributed by atoms with Crippen LogP contribution in [0.15, 0.2) is 54.3 Å². The monoisotopic (exact) mass is 303 g/mol. The van der Waals surface area contributed by atoms with E-state index in [-0.39, 0.29) is 5.91 Å². The summed E-state index contributed by atoms with van der Waals surface area (Å²) in [6.07, 6.45) is 4.80. The van der Waals surface area contributed by atoms with E-state index in [2.05, 4.69) is 11.9 Å². The van der Waals surface area contributed by atoms with Gasteiger partial charge in [-0.15, -0.1) is 0 Å². The molecule has 0 bridgehead atoms. The SMILES string of the molecule is C=C/C(=C\C=C(/C)OC)C(=O)Nc1cc(OC)ccc1OC. The van der Waals surface area contributed by atoms with E-state index in [4.69, 9.17) is 14.2 Å². The molecule has 0 radical (unpaired) electrons. The highest BCUT2D eigenvalue weighted by Crippen LogP contribution is 2.29. The normalized spacial score (nSPS) is 11.6. The van der Waals surface area contributed by atoms with Crippen LogP contribution < -0.4 is 14.8 Å². The number of methoxy groups -OCH3 is 3. The van der Waals surface area contributed by atoms with E-state index in [1.165, 1.54) is 13.2 Å². The molecule has 118 valence electrons. The summed E-state index contributed by atoms with van der Waals surface area (Å²) in [6, 6.07) is 5.16. The molecular weight excluding hydrogens is 282 g/mol. The minimum atomic E-state index is -0.304. The summed E-state index contributed by atoms with van der Waals surface area (Å²) in [5.74, 6) is 1.55. The number of nitrogens with one attached hydrogen (secondary N) is 1. The maximum absolute atomic E-state index is 12.3. The van der Waals surface area contributed by atoms with Gasteiger partial charge >= 0.3 is 0 Å². The van der Waals surface area contributed by atoms with Crippen LogP contribution in [0.25, 0.3) is 0 Å². The fraction of sp³-hybridized carbons (Fsp3) is 0.235. The molecule has 0 saturated heterocycles. The zero-order valence-electron chi connectivity index (χ0n) is 13.3. The number of carbonyl (C=O) groups excluding carboxylic acids is 1. The van der Waals surface area contributed by atoms with Crippen molar-refractivity contribution >= 4 is 11.6 Å². The Hall–Kier alpha value is -2.69. The molecule has 5 nitrogen and oxygen atoms in total. The number of hydrogen-bond acceptors (Lipinski definition) is 4. The number of rotatable bonds is 7. The number of benzene rings is 1. The molecule has 0 aromatic heterocycles. The fourth-order valence-electron chi connectivity index (χ4n) is 1.62. The standard InChI is InChI=1S/C17H21NO4/c1-6-13(8-7-12(2)20-3)17(19)18-15-11-14(21-4)9-10-16(15)22-5/h6-11H,1H2,2-5H3,(H,18,19)/b12-7+,13-8+. The first kappa shape index (κ1) is 17.4. The van der Waals surface area contributed by atoms with Gasteiger partial charge in [-0.25, -0.2) is 0 Å². The lowest BCUT2D eigenvalue weighted by atomic mass is 10.2. The van der Waals surface area contributed by atoms with E-state index in [9.17, 15) is 4.79 Å². The molecule has 1 aromatic carbocycles. The third kappa shape index (κ3) is 4.70. The minimum Gasteiger partial charge on any atom is -0.501 e. The van der Waals surface area contributed by atoms with E-state index in [1.54, 1.807) is 51.5 Å². The Labute approximate surface area is 130 Å². The molecule has 0 unspecified atom stereocenters. The summed E-state index contributed by atoms with van der Waals surface area (Å²) < 4.78 is 15.4. The summed E-state index contributed by atoms with van der Waals surface area (Å²) in [5.41, 5.74) is 0.924. The predicted molar refractivity (Wildman–Crippen MR) is 87.2 cm³/mol. The largest absolute Gasteiger partial charge is 0.501 e. The second-order valence-electron chi connectivity index (χ2n) is 4.33. The summed E-state index contributed by atoms with van der Waals surface area (Å²) in [5, 5.41) is 2.78. The highest BCUT2D eigenvalue weighted by molar-refractivity contribution is 6.06. The van der Waals surface area contributed by atoms with Crippen molar-refractivity contribution in [3.05, 3.63) is 54.3 Å². The minimum absolute atomic E-state index is 0.304. The van der Waals surface area contributed by atoms with Crippen molar-refractivity contribution in [2.24, 2.45) is 0 Å². The molecule has 0 aliphatic carbocycles. The molecule has 1 aromatic rings.